The standard InChI is InChI=1S/C17H18BrNO/c18-14-5-1-3-12(9-14)11-19-17-6-2-4-13-7-8-15(20)10-16(13)17/h1,3,5,7-10,17,19-20H,2,4,6,11H2. The SMILES string of the molecule is Oc1ccc2c(c1)C(NCc1cccc(Br)c1)CCC2. The minimum absolute atomic E-state index is 0.338. The number of benzene rings is 2. The fourth-order valence-electron chi connectivity index (χ4n) is 2.89. The van der Waals surface area contributed by atoms with Gasteiger partial charge in [-0.3, -0.25) is 0 Å². The van der Waals surface area contributed by atoms with E-state index in [0.29, 0.717) is 11.8 Å². The maximum atomic E-state index is 9.69. The molecule has 3 rings (SSSR count). The first-order chi connectivity index (χ1) is 9.72. The second-order valence-electron chi connectivity index (χ2n) is 5.34. The van der Waals surface area contributed by atoms with Crippen molar-refractivity contribution >= 4 is 15.9 Å². The molecular weight excluding hydrogens is 314 g/mol. The van der Waals surface area contributed by atoms with Gasteiger partial charge in [0.2, 0.25) is 0 Å². The molecule has 0 aromatic heterocycles. The number of hydrogen-bond donors (Lipinski definition) is 2. The minimum atomic E-state index is 0.338. The predicted octanol–water partition coefficient (Wildman–Crippen LogP) is 4.32. The maximum Gasteiger partial charge on any atom is 0.115 e. The van der Waals surface area contributed by atoms with Gasteiger partial charge in [0.05, 0.1) is 0 Å². The van der Waals surface area contributed by atoms with Gasteiger partial charge in [-0.25, -0.2) is 0 Å². The summed E-state index contributed by atoms with van der Waals surface area (Å²) < 4.78 is 1.11. The van der Waals surface area contributed by atoms with Crippen molar-refractivity contribution in [3.63, 3.8) is 0 Å². The van der Waals surface area contributed by atoms with Crippen LogP contribution >= 0.6 is 15.9 Å². The summed E-state index contributed by atoms with van der Waals surface area (Å²) in [5.41, 5.74) is 3.89. The highest BCUT2D eigenvalue weighted by atomic mass is 79.9. The average molecular weight is 332 g/mol. The van der Waals surface area contributed by atoms with Crippen LogP contribution in [0.3, 0.4) is 0 Å². The van der Waals surface area contributed by atoms with Crippen molar-refractivity contribution in [1.82, 2.24) is 5.32 Å². The average Bonchev–Trinajstić information content (AvgIpc) is 2.45. The lowest BCUT2D eigenvalue weighted by atomic mass is 9.87. The third kappa shape index (κ3) is 3.05. The second kappa shape index (κ2) is 5.98. The number of rotatable bonds is 3. The molecule has 1 aliphatic carbocycles. The molecule has 0 amide bonds. The Labute approximate surface area is 128 Å². The number of hydrogen-bond acceptors (Lipinski definition) is 2. The van der Waals surface area contributed by atoms with Crippen molar-refractivity contribution in [3.8, 4) is 5.75 Å². The smallest absolute Gasteiger partial charge is 0.115 e. The van der Waals surface area contributed by atoms with Crippen LogP contribution in [-0.2, 0) is 13.0 Å². The highest BCUT2D eigenvalue weighted by Gasteiger charge is 2.20. The zero-order valence-corrected chi connectivity index (χ0v) is 12.9. The predicted molar refractivity (Wildman–Crippen MR) is 84.8 cm³/mol. The topological polar surface area (TPSA) is 32.3 Å². The quantitative estimate of drug-likeness (QED) is 0.877. The van der Waals surface area contributed by atoms with Crippen molar-refractivity contribution in [3.05, 3.63) is 63.6 Å². The first-order valence-corrected chi connectivity index (χ1v) is 7.81. The number of phenols is 1. The molecule has 2 aromatic carbocycles. The summed E-state index contributed by atoms with van der Waals surface area (Å²) in [5.74, 6) is 0.361. The molecule has 1 atom stereocenters. The highest BCUT2D eigenvalue weighted by molar-refractivity contribution is 9.10. The molecule has 0 spiro atoms. The molecule has 0 radical (unpaired) electrons. The van der Waals surface area contributed by atoms with Gasteiger partial charge >= 0.3 is 0 Å². The summed E-state index contributed by atoms with van der Waals surface area (Å²) in [4.78, 5) is 0. The van der Waals surface area contributed by atoms with Crippen molar-refractivity contribution < 1.29 is 5.11 Å². The highest BCUT2D eigenvalue weighted by Crippen LogP contribution is 2.32. The largest absolute Gasteiger partial charge is 0.508 e. The third-order valence-corrected chi connectivity index (χ3v) is 4.38. The summed E-state index contributed by atoms with van der Waals surface area (Å²) in [6.07, 6.45) is 3.45. The summed E-state index contributed by atoms with van der Waals surface area (Å²) in [6, 6.07) is 14.5. The molecule has 0 aliphatic heterocycles. The van der Waals surface area contributed by atoms with Crippen LogP contribution in [-0.4, -0.2) is 5.11 Å². The van der Waals surface area contributed by atoms with Gasteiger partial charge < -0.3 is 10.4 Å². The van der Waals surface area contributed by atoms with E-state index in [0.717, 1.165) is 23.9 Å². The fraction of sp³-hybridized carbons (Fsp3) is 0.294. The van der Waals surface area contributed by atoms with Crippen LogP contribution in [0.5, 0.6) is 5.75 Å². The fourth-order valence-corrected chi connectivity index (χ4v) is 3.33. The van der Waals surface area contributed by atoms with Gasteiger partial charge in [-0.05, 0) is 60.2 Å². The monoisotopic (exact) mass is 331 g/mol. The van der Waals surface area contributed by atoms with E-state index in [1.54, 1.807) is 6.07 Å². The molecule has 1 unspecified atom stereocenters. The lowest BCUT2D eigenvalue weighted by Gasteiger charge is -2.26. The Bertz CT molecular complexity index is 612. The van der Waals surface area contributed by atoms with Crippen LogP contribution in [0, 0.1) is 0 Å². The summed E-state index contributed by atoms with van der Waals surface area (Å²) in [6.45, 7) is 0.846. The number of aryl methyl sites for hydroxylation is 1. The zero-order valence-electron chi connectivity index (χ0n) is 11.3. The van der Waals surface area contributed by atoms with Crippen LogP contribution in [0.15, 0.2) is 46.9 Å². The second-order valence-corrected chi connectivity index (χ2v) is 6.25. The van der Waals surface area contributed by atoms with Crippen molar-refractivity contribution in [2.24, 2.45) is 0 Å². The van der Waals surface area contributed by atoms with Crippen molar-refractivity contribution in [1.29, 1.82) is 0 Å². The molecule has 0 heterocycles. The van der Waals surface area contributed by atoms with Crippen LogP contribution in [0.25, 0.3) is 0 Å². The van der Waals surface area contributed by atoms with Gasteiger partial charge in [0, 0.05) is 17.1 Å². The Hall–Kier alpha value is -1.32. The molecule has 2 aromatic rings. The van der Waals surface area contributed by atoms with E-state index >= 15 is 0 Å². The first-order valence-electron chi connectivity index (χ1n) is 7.02. The number of halogens is 1. The van der Waals surface area contributed by atoms with Gasteiger partial charge in [-0.1, -0.05) is 34.1 Å². The van der Waals surface area contributed by atoms with Crippen molar-refractivity contribution in [2.45, 2.75) is 31.8 Å². The number of aromatic hydroxyl groups is 1. The third-order valence-electron chi connectivity index (χ3n) is 3.89. The van der Waals surface area contributed by atoms with E-state index in [2.05, 4.69) is 45.5 Å². The Morgan fingerprint density at radius 2 is 2.10 bits per heavy atom. The Morgan fingerprint density at radius 1 is 1.20 bits per heavy atom. The van der Waals surface area contributed by atoms with E-state index in [1.807, 2.05) is 12.1 Å². The van der Waals surface area contributed by atoms with Gasteiger partial charge in [0.15, 0.2) is 0 Å². The molecule has 104 valence electrons. The molecule has 2 nitrogen and oxygen atoms in total. The van der Waals surface area contributed by atoms with Crippen LogP contribution < -0.4 is 5.32 Å². The molecule has 0 fully saturated rings. The summed E-state index contributed by atoms with van der Waals surface area (Å²) >= 11 is 3.50. The number of nitrogens with one attached hydrogen (secondary N) is 1. The van der Waals surface area contributed by atoms with Gasteiger partial charge in [-0.2, -0.15) is 0 Å². The van der Waals surface area contributed by atoms with Gasteiger partial charge in [-0.15, -0.1) is 0 Å². The van der Waals surface area contributed by atoms with Crippen LogP contribution in [0.2, 0.25) is 0 Å². The molecule has 0 saturated carbocycles. The van der Waals surface area contributed by atoms with Gasteiger partial charge in [0.1, 0.15) is 5.75 Å². The van der Waals surface area contributed by atoms with E-state index in [9.17, 15) is 5.11 Å². The lowest BCUT2D eigenvalue weighted by molar-refractivity contribution is 0.445. The number of phenolic OH excluding ortho intramolecular Hbond substituents is 1. The van der Waals surface area contributed by atoms with Crippen LogP contribution in [0.1, 0.15) is 35.6 Å². The lowest BCUT2D eigenvalue weighted by Crippen LogP contribution is -2.24. The van der Waals surface area contributed by atoms with E-state index in [4.69, 9.17) is 0 Å². The Kier molecular flexibility index (Phi) is 4.08. The van der Waals surface area contributed by atoms with Crippen LogP contribution in [0.4, 0.5) is 0 Å². The molecule has 2 N–H and O–H groups in total. The normalized spacial score (nSPS) is 17.8. The van der Waals surface area contributed by atoms with E-state index < -0.39 is 0 Å². The summed E-state index contributed by atoms with van der Waals surface area (Å²) in [5, 5.41) is 13.3. The number of fused-ring (bicyclic) bond motifs is 1. The molecule has 1 aliphatic rings. The molecule has 0 bridgehead atoms. The maximum absolute atomic E-state index is 9.69. The van der Waals surface area contributed by atoms with E-state index in [-0.39, 0.29) is 0 Å². The van der Waals surface area contributed by atoms with Gasteiger partial charge in [0.25, 0.3) is 0 Å². The Balaban J connectivity index is 1.75. The molecule has 0 saturated heterocycles. The van der Waals surface area contributed by atoms with Crippen molar-refractivity contribution in [2.75, 3.05) is 0 Å². The molecular formula is C17H18BrNO. The molecule has 3 heteroatoms. The minimum Gasteiger partial charge on any atom is -0.508 e. The van der Waals surface area contributed by atoms with E-state index in [1.165, 1.54) is 23.1 Å². The first kappa shape index (κ1) is 13.7. The zero-order chi connectivity index (χ0) is 13.9. The summed E-state index contributed by atoms with van der Waals surface area (Å²) in [7, 11) is 0. The Morgan fingerprint density at radius 3 is 2.95 bits per heavy atom. The molecule has 20 heavy (non-hydrogen) atoms.